The van der Waals surface area contributed by atoms with Gasteiger partial charge in [0.05, 0.1) is 52.5 Å². The van der Waals surface area contributed by atoms with Crippen molar-refractivity contribution >= 4 is 89.5 Å². The van der Waals surface area contributed by atoms with Crippen LogP contribution in [-0.2, 0) is 16.9 Å². The van der Waals surface area contributed by atoms with E-state index in [-0.39, 0.29) is 15.7 Å². The zero-order chi connectivity index (χ0) is 24.4. The molecule has 0 aliphatic carbocycles. The number of H-pyrrole nitrogens is 1. The summed E-state index contributed by atoms with van der Waals surface area (Å²) in [4.78, 5) is 25.4. The average Bonchev–Trinajstić information content (AvgIpc) is 3.30. The molecule has 2 aromatic carbocycles. The topological polar surface area (TPSA) is 110 Å². The van der Waals surface area contributed by atoms with Crippen LogP contribution in [0.25, 0.3) is 32.6 Å². The van der Waals surface area contributed by atoms with Crippen molar-refractivity contribution in [3.8, 4) is 10.7 Å². The smallest absolute Gasteiger partial charge is 0.261 e. The SMILES string of the molecule is Cn1c(Nc2c(Cl)cccc2Cl)nc2ccc3nc(-c4scc(S(C)(=O)=O)c4Cl)[nH]c(=O)c3c21. The van der Waals surface area contributed by atoms with E-state index in [0.717, 1.165) is 17.6 Å². The summed E-state index contributed by atoms with van der Waals surface area (Å²) in [5, 5.41) is 5.76. The minimum atomic E-state index is -3.52. The number of nitrogens with zero attached hydrogens (tertiary/aromatic N) is 3. The highest BCUT2D eigenvalue weighted by molar-refractivity contribution is 7.91. The van der Waals surface area contributed by atoms with Gasteiger partial charge in [-0.05, 0) is 24.3 Å². The number of imidazole rings is 1. The molecule has 0 saturated heterocycles. The van der Waals surface area contributed by atoms with E-state index in [2.05, 4.69) is 20.3 Å². The molecule has 0 unspecified atom stereocenters. The highest BCUT2D eigenvalue weighted by atomic mass is 35.5. The third kappa shape index (κ3) is 3.75. The van der Waals surface area contributed by atoms with E-state index >= 15 is 0 Å². The maximum absolute atomic E-state index is 13.2. The summed E-state index contributed by atoms with van der Waals surface area (Å²) >= 11 is 19.9. The van der Waals surface area contributed by atoms with Gasteiger partial charge in [-0.2, -0.15) is 0 Å². The Bertz CT molecular complexity index is 1770. The Balaban J connectivity index is 1.68. The van der Waals surface area contributed by atoms with Crippen molar-refractivity contribution in [2.75, 3.05) is 11.6 Å². The van der Waals surface area contributed by atoms with Gasteiger partial charge in [0.2, 0.25) is 5.95 Å². The van der Waals surface area contributed by atoms with Gasteiger partial charge in [0.25, 0.3) is 5.56 Å². The second-order valence-electron chi connectivity index (χ2n) is 7.47. The van der Waals surface area contributed by atoms with Gasteiger partial charge >= 0.3 is 0 Å². The van der Waals surface area contributed by atoms with Crippen molar-refractivity contribution in [2.24, 2.45) is 7.05 Å². The summed E-state index contributed by atoms with van der Waals surface area (Å²) in [5.41, 5.74) is 1.60. The Labute approximate surface area is 212 Å². The lowest BCUT2D eigenvalue weighted by molar-refractivity contribution is 0.602. The maximum atomic E-state index is 13.2. The van der Waals surface area contributed by atoms with Gasteiger partial charge in [0.1, 0.15) is 0 Å². The minimum Gasteiger partial charge on any atom is -0.323 e. The number of anilines is 2. The van der Waals surface area contributed by atoms with Crippen LogP contribution < -0.4 is 10.9 Å². The molecular weight excluding hydrogens is 541 g/mol. The molecule has 0 fully saturated rings. The Morgan fingerprint density at radius 2 is 1.74 bits per heavy atom. The van der Waals surface area contributed by atoms with E-state index in [1.807, 2.05) is 0 Å². The van der Waals surface area contributed by atoms with Crippen LogP contribution in [0.5, 0.6) is 0 Å². The molecule has 5 aromatic rings. The van der Waals surface area contributed by atoms with Crippen molar-refractivity contribution in [1.29, 1.82) is 0 Å². The highest BCUT2D eigenvalue weighted by Gasteiger charge is 2.22. The lowest BCUT2D eigenvalue weighted by Crippen LogP contribution is -2.11. The van der Waals surface area contributed by atoms with Gasteiger partial charge in [-0.15, -0.1) is 11.3 Å². The largest absolute Gasteiger partial charge is 0.323 e. The molecule has 8 nitrogen and oxygen atoms in total. The number of aromatic nitrogens is 4. The molecule has 0 atom stereocenters. The van der Waals surface area contributed by atoms with Crippen molar-refractivity contribution in [2.45, 2.75) is 4.90 Å². The summed E-state index contributed by atoms with van der Waals surface area (Å²) in [6, 6.07) is 8.56. The molecule has 3 aromatic heterocycles. The fraction of sp³-hybridized carbons (Fsp3) is 0.0952. The number of para-hydroxylation sites is 1. The zero-order valence-electron chi connectivity index (χ0n) is 17.5. The molecule has 0 aliphatic rings. The first-order valence-electron chi connectivity index (χ1n) is 9.64. The summed E-state index contributed by atoms with van der Waals surface area (Å²) in [6.07, 6.45) is 1.07. The van der Waals surface area contributed by atoms with Crippen molar-refractivity contribution < 1.29 is 8.42 Å². The van der Waals surface area contributed by atoms with Crippen molar-refractivity contribution in [3.05, 3.63) is 61.1 Å². The first-order chi connectivity index (χ1) is 16.1. The third-order valence-electron chi connectivity index (χ3n) is 5.22. The standard InChI is InChI=1S/C21H14Cl3N5O3S2/c1-29-17-12(26-21(29)27-16-9(22)4-3-5-10(16)23)7-6-11-14(17)20(30)28-19(25-11)18-15(24)13(8-33-18)34(2,31)32/h3-8H,1-2H3,(H,26,27)(H,25,28,30). The average molecular weight is 555 g/mol. The first kappa shape index (κ1) is 23.1. The summed E-state index contributed by atoms with van der Waals surface area (Å²) < 4.78 is 25.6. The van der Waals surface area contributed by atoms with Crippen LogP contribution >= 0.6 is 46.1 Å². The lowest BCUT2D eigenvalue weighted by Gasteiger charge is -2.10. The molecule has 0 spiro atoms. The zero-order valence-corrected chi connectivity index (χ0v) is 21.4. The van der Waals surface area contributed by atoms with Gasteiger partial charge in [0, 0.05) is 18.7 Å². The molecule has 5 rings (SSSR count). The molecule has 174 valence electrons. The van der Waals surface area contributed by atoms with E-state index in [1.54, 1.807) is 41.9 Å². The first-order valence-corrected chi connectivity index (χ1v) is 13.5. The van der Waals surface area contributed by atoms with Crippen LogP contribution in [0.4, 0.5) is 11.6 Å². The van der Waals surface area contributed by atoms with E-state index < -0.39 is 15.4 Å². The fourth-order valence-electron chi connectivity index (χ4n) is 3.62. The fourth-order valence-corrected chi connectivity index (χ4v) is 6.97. The molecule has 2 N–H and O–H groups in total. The molecule has 0 bridgehead atoms. The molecule has 0 amide bonds. The van der Waals surface area contributed by atoms with Crippen LogP contribution in [-0.4, -0.2) is 34.2 Å². The number of aromatic amines is 1. The second-order valence-corrected chi connectivity index (χ2v) is 11.5. The summed E-state index contributed by atoms with van der Waals surface area (Å²) in [7, 11) is -1.76. The number of benzene rings is 2. The Kier molecular flexibility index (Phi) is 5.61. The van der Waals surface area contributed by atoms with Crippen LogP contribution in [0.3, 0.4) is 0 Å². The van der Waals surface area contributed by atoms with Crippen LogP contribution in [0.1, 0.15) is 0 Å². The number of halogens is 3. The Morgan fingerprint density at radius 3 is 2.38 bits per heavy atom. The van der Waals surface area contributed by atoms with Gasteiger partial charge in [-0.3, -0.25) is 4.79 Å². The van der Waals surface area contributed by atoms with Gasteiger partial charge in [0.15, 0.2) is 15.7 Å². The normalized spacial score (nSPS) is 12.0. The maximum Gasteiger partial charge on any atom is 0.261 e. The molecule has 0 saturated carbocycles. The molecule has 34 heavy (non-hydrogen) atoms. The van der Waals surface area contributed by atoms with E-state index in [9.17, 15) is 13.2 Å². The van der Waals surface area contributed by atoms with Gasteiger partial charge < -0.3 is 14.9 Å². The summed E-state index contributed by atoms with van der Waals surface area (Å²) in [6.45, 7) is 0. The number of nitrogens with one attached hydrogen (secondary N) is 2. The minimum absolute atomic E-state index is 0.00653. The van der Waals surface area contributed by atoms with E-state index in [0.29, 0.717) is 48.5 Å². The molecule has 0 radical (unpaired) electrons. The van der Waals surface area contributed by atoms with Crippen LogP contribution in [0.15, 0.2) is 45.4 Å². The molecule has 13 heteroatoms. The number of thiophene rings is 1. The van der Waals surface area contributed by atoms with E-state index in [4.69, 9.17) is 34.8 Å². The van der Waals surface area contributed by atoms with Crippen molar-refractivity contribution in [1.82, 2.24) is 19.5 Å². The molecule has 0 aliphatic heterocycles. The Morgan fingerprint density at radius 1 is 1.06 bits per heavy atom. The second kappa shape index (κ2) is 8.24. The van der Waals surface area contributed by atoms with E-state index in [1.165, 1.54) is 5.38 Å². The third-order valence-corrected chi connectivity index (χ3v) is 8.72. The number of hydrogen-bond acceptors (Lipinski definition) is 7. The number of fused-ring (bicyclic) bond motifs is 3. The van der Waals surface area contributed by atoms with Gasteiger partial charge in [-0.1, -0.05) is 40.9 Å². The lowest BCUT2D eigenvalue weighted by atomic mass is 10.2. The van der Waals surface area contributed by atoms with Crippen LogP contribution in [0.2, 0.25) is 15.1 Å². The molecular formula is C21H14Cl3N5O3S2. The van der Waals surface area contributed by atoms with Crippen LogP contribution in [0, 0.1) is 0 Å². The Hall–Kier alpha value is -2.63. The van der Waals surface area contributed by atoms with Gasteiger partial charge in [-0.25, -0.2) is 18.4 Å². The predicted octanol–water partition coefficient (Wildman–Crippen LogP) is 5.65. The predicted molar refractivity (Wildman–Crippen MR) is 138 cm³/mol. The number of rotatable bonds is 4. The number of hydrogen-bond donors (Lipinski definition) is 2. The quantitative estimate of drug-likeness (QED) is 0.297. The molecule has 3 heterocycles. The highest BCUT2D eigenvalue weighted by Crippen LogP contribution is 2.38. The summed E-state index contributed by atoms with van der Waals surface area (Å²) in [5.74, 6) is 0.616. The number of sulfone groups is 1. The monoisotopic (exact) mass is 553 g/mol. The van der Waals surface area contributed by atoms with Crippen molar-refractivity contribution in [3.63, 3.8) is 0 Å². The number of aryl methyl sites for hydroxylation is 1.